The number of halogens is 1. The third-order valence-corrected chi connectivity index (χ3v) is 2.55. The number of rotatable bonds is 1. The Morgan fingerprint density at radius 2 is 2.21 bits per heavy atom. The van der Waals surface area contributed by atoms with E-state index >= 15 is 0 Å². The Morgan fingerprint density at radius 1 is 1.50 bits per heavy atom. The first kappa shape index (κ1) is 11.0. The van der Waals surface area contributed by atoms with E-state index in [9.17, 15) is 4.79 Å². The van der Waals surface area contributed by atoms with Gasteiger partial charge in [0, 0.05) is 6.04 Å². The lowest BCUT2D eigenvalue weighted by Crippen LogP contribution is -2.06. The molecule has 0 amide bonds. The van der Waals surface area contributed by atoms with E-state index in [1.807, 2.05) is 6.07 Å². The van der Waals surface area contributed by atoms with Crippen molar-refractivity contribution in [1.82, 2.24) is 0 Å². The lowest BCUT2D eigenvalue weighted by Gasteiger charge is -2.05. The minimum Gasteiger partial charge on any atom is -0.478 e. The van der Waals surface area contributed by atoms with E-state index in [-0.39, 0.29) is 18.4 Å². The standard InChI is InChI=1S/C10H11NO2.ClH/c11-9-5-4-6-7(9)2-1-3-8(6)10(12)13;/h1-3,9H,4-5,11H2,(H,12,13);1H. The SMILES string of the molecule is Cl.NC1CCc2c(C(=O)O)cccc21. The predicted molar refractivity (Wildman–Crippen MR) is 55.9 cm³/mol. The third-order valence-electron chi connectivity index (χ3n) is 2.55. The predicted octanol–water partition coefficient (Wildman–Crippen LogP) is 1.75. The fraction of sp³-hybridized carbons (Fsp3) is 0.300. The van der Waals surface area contributed by atoms with Gasteiger partial charge in [0.2, 0.25) is 0 Å². The molecule has 0 saturated heterocycles. The number of hydrogen-bond donors (Lipinski definition) is 2. The molecule has 1 aliphatic carbocycles. The normalized spacial score (nSPS) is 18.5. The van der Waals surface area contributed by atoms with Gasteiger partial charge in [0.1, 0.15) is 0 Å². The van der Waals surface area contributed by atoms with Gasteiger partial charge in [0.15, 0.2) is 0 Å². The van der Waals surface area contributed by atoms with Gasteiger partial charge in [-0.05, 0) is 30.0 Å². The molecule has 2 rings (SSSR count). The van der Waals surface area contributed by atoms with Crippen LogP contribution < -0.4 is 5.73 Å². The molecule has 0 saturated carbocycles. The number of benzene rings is 1. The second-order valence-corrected chi connectivity index (χ2v) is 3.32. The maximum Gasteiger partial charge on any atom is 0.335 e. The van der Waals surface area contributed by atoms with Crippen LogP contribution in [0.15, 0.2) is 18.2 Å². The molecule has 0 spiro atoms. The van der Waals surface area contributed by atoms with E-state index in [0.717, 1.165) is 24.0 Å². The highest BCUT2D eigenvalue weighted by atomic mass is 35.5. The fourth-order valence-corrected chi connectivity index (χ4v) is 1.89. The third kappa shape index (κ3) is 1.61. The number of hydrogen-bond acceptors (Lipinski definition) is 2. The van der Waals surface area contributed by atoms with Crippen molar-refractivity contribution in [3.63, 3.8) is 0 Å². The van der Waals surface area contributed by atoms with Crippen molar-refractivity contribution in [1.29, 1.82) is 0 Å². The first-order valence-corrected chi connectivity index (χ1v) is 4.31. The molecule has 0 bridgehead atoms. The van der Waals surface area contributed by atoms with Crippen LogP contribution >= 0.6 is 12.4 Å². The quantitative estimate of drug-likeness (QED) is 0.747. The average molecular weight is 214 g/mol. The molecule has 0 heterocycles. The number of carboxylic acids is 1. The highest BCUT2D eigenvalue weighted by Gasteiger charge is 2.23. The summed E-state index contributed by atoms with van der Waals surface area (Å²) in [6.07, 6.45) is 1.65. The van der Waals surface area contributed by atoms with E-state index in [1.165, 1.54) is 0 Å². The van der Waals surface area contributed by atoms with Crippen LogP contribution in [0.4, 0.5) is 0 Å². The lowest BCUT2D eigenvalue weighted by molar-refractivity contribution is 0.0696. The minimum atomic E-state index is -0.856. The fourth-order valence-electron chi connectivity index (χ4n) is 1.89. The summed E-state index contributed by atoms with van der Waals surface area (Å²) in [6.45, 7) is 0. The first-order valence-electron chi connectivity index (χ1n) is 4.31. The second kappa shape index (κ2) is 3.98. The molecular weight excluding hydrogens is 202 g/mol. The first-order chi connectivity index (χ1) is 6.20. The van der Waals surface area contributed by atoms with Crippen molar-refractivity contribution in [2.24, 2.45) is 5.73 Å². The van der Waals surface area contributed by atoms with Gasteiger partial charge in [-0.2, -0.15) is 0 Å². The molecule has 1 aromatic rings. The topological polar surface area (TPSA) is 63.3 Å². The Labute approximate surface area is 88.3 Å². The van der Waals surface area contributed by atoms with Gasteiger partial charge in [0.05, 0.1) is 5.56 Å². The molecule has 0 aromatic heterocycles. The summed E-state index contributed by atoms with van der Waals surface area (Å²) in [5.41, 5.74) is 8.15. The number of nitrogens with two attached hydrogens (primary N) is 1. The summed E-state index contributed by atoms with van der Waals surface area (Å²) in [5.74, 6) is -0.856. The highest BCUT2D eigenvalue weighted by Crippen LogP contribution is 2.31. The summed E-state index contributed by atoms with van der Waals surface area (Å²) in [5, 5.41) is 8.89. The van der Waals surface area contributed by atoms with Gasteiger partial charge in [-0.25, -0.2) is 4.79 Å². The van der Waals surface area contributed by atoms with E-state index in [2.05, 4.69) is 0 Å². The number of fused-ring (bicyclic) bond motifs is 1. The van der Waals surface area contributed by atoms with Crippen molar-refractivity contribution >= 4 is 18.4 Å². The van der Waals surface area contributed by atoms with Crippen LogP contribution in [0.3, 0.4) is 0 Å². The molecule has 3 nitrogen and oxygen atoms in total. The van der Waals surface area contributed by atoms with Crippen molar-refractivity contribution in [3.05, 3.63) is 34.9 Å². The van der Waals surface area contributed by atoms with Crippen LogP contribution in [0.25, 0.3) is 0 Å². The zero-order chi connectivity index (χ0) is 9.42. The molecule has 14 heavy (non-hydrogen) atoms. The smallest absolute Gasteiger partial charge is 0.335 e. The molecule has 3 N–H and O–H groups in total. The summed E-state index contributed by atoms with van der Waals surface area (Å²) < 4.78 is 0. The van der Waals surface area contributed by atoms with Crippen molar-refractivity contribution in [2.45, 2.75) is 18.9 Å². The van der Waals surface area contributed by atoms with Gasteiger partial charge < -0.3 is 10.8 Å². The second-order valence-electron chi connectivity index (χ2n) is 3.32. The molecule has 1 atom stereocenters. The number of carbonyl (C=O) groups is 1. The Balaban J connectivity index is 0.000000980. The van der Waals surface area contributed by atoms with Crippen LogP contribution in [-0.2, 0) is 6.42 Å². The van der Waals surface area contributed by atoms with Crippen molar-refractivity contribution in [2.75, 3.05) is 0 Å². The molecule has 4 heteroatoms. The van der Waals surface area contributed by atoms with E-state index in [4.69, 9.17) is 10.8 Å². The van der Waals surface area contributed by atoms with Crippen molar-refractivity contribution in [3.8, 4) is 0 Å². The Kier molecular flexibility index (Phi) is 3.13. The van der Waals surface area contributed by atoms with Crippen LogP contribution in [0, 0.1) is 0 Å². The maximum absolute atomic E-state index is 10.8. The largest absolute Gasteiger partial charge is 0.478 e. The molecule has 1 aliphatic rings. The molecule has 1 unspecified atom stereocenters. The van der Waals surface area contributed by atoms with Crippen LogP contribution in [-0.4, -0.2) is 11.1 Å². The van der Waals surface area contributed by atoms with E-state index in [1.54, 1.807) is 12.1 Å². The van der Waals surface area contributed by atoms with Crippen molar-refractivity contribution < 1.29 is 9.90 Å². The van der Waals surface area contributed by atoms with Crippen LogP contribution in [0.2, 0.25) is 0 Å². The Morgan fingerprint density at radius 3 is 2.86 bits per heavy atom. The zero-order valence-corrected chi connectivity index (χ0v) is 8.38. The van der Waals surface area contributed by atoms with E-state index < -0.39 is 5.97 Å². The van der Waals surface area contributed by atoms with Gasteiger partial charge in [-0.3, -0.25) is 0 Å². The molecule has 76 valence electrons. The number of aromatic carboxylic acids is 1. The van der Waals surface area contributed by atoms with Gasteiger partial charge in [-0.1, -0.05) is 12.1 Å². The van der Waals surface area contributed by atoms with Crippen LogP contribution in [0.5, 0.6) is 0 Å². The highest BCUT2D eigenvalue weighted by molar-refractivity contribution is 5.90. The molecule has 0 fully saturated rings. The zero-order valence-electron chi connectivity index (χ0n) is 7.56. The van der Waals surface area contributed by atoms with Gasteiger partial charge >= 0.3 is 5.97 Å². The maximum atomic E-state index is 10.8. The molecular formula is C10H12ClNO2. The summed E-state index contributed by atoms with van der Waals surface area (Å²) in [7, 11) is 0. The van der Waals surface area contributed by atoms with Crippen LogP contribution in [0.1, 0.15) is 33.9 Å². The Hall–Kier alpha value is -1.06. The average Bonchev–Trinajstić information content (AvgIpc) is 2.48. The lowest BCUT2D eigenvalue weighted by atomic mass is 10.0. The van der Waals surface area contributed by atoms with Gasteiger partial charge in [0.25, 0.3) is 0 Å². The molecule has 1 aromatic carbocycles. The number of carboxylic acid groups (broad SMARTS) is 1. The van der Waals surface area contributed by atoms with E-state index in [0.29, 0.717) is 5.56 Å². The summed E-state index contributed by atoms with van der Waals surface area (Å²) >= 11 is 0. The molecule has 0 aliphatic heterocycles. The summed E-state index contributed by atoms with van der Waals surface area (Å²) in [4.78, 5) is 10.8. The summed E-state index contributed by atoms with van der Waals surface area (Å²) in [6, 6.07) is 5.33. The van der Waals surface area contributed by atoms with Gasteiger partial charge in [-0.15, -0.1) is 12.4 Å². The monoisotopic (exact) mass is 213 g/mol. The minimum absolute atomic E-state index is 0. The molecule has 0 radical (unpaired) electrons. The Bertz CT molecular complexity index is 365.